The SMILES string of the molecule is Cc1cc(Cl)cc(C(O)c2ccc3c(c2)COC3)c1. The van der Waals surface area contributed by atoms with Crippen LogP contribution in [-0.2, 0) is 18.0 Å². The van der Waals surface area contributed by atoms with E-state index in [2.05, 4.69) is 0 Å². The van der Waals surface area contributed by atoms with Gasteiger partial charge in [-0.1, -0.05) is 35.9 Å². The van der Waals surface area contributed by atoms with E-state index in [0.29, 0.717) is 18.2 Å². The van der Waals surface area contributed by atoms with E-state index in [-0.39, 0.29) is 0 Å². The van der Waals surface area contributed by atoms with Crippen LogP contribution >= 0.6 is 11.6 Å². The number of aliphatic hydroxyl groups excluding tert-OH is 1. The van der Waals surface area contributed by atoms with Crippen molar-refractivity contribution in [2.75, 3.05) is 0 Å². The third kappa shape index (κ3) is 2.52. The lowest BCUT2D eigenvalue weighted by Gasteiger charge is -2.14. The van der Waals surface area contributed by atoms with Crippen LogP contribution in [-0.4, -0.2) is 5.11 Å². The van der Waals surface area contributed by atoms with Crippen LogP contribution in [0.25, 0.3) is 0 Å². The Bertz CT molecular complexity index is 602. The molecule has 0 saturated carbocycles. The molecule has 0 radical (unpaired) electrons. The molecule has 1 atom stereocenters. The Balaban J connectivity index is 1.97. The fourth-order valence-corrected chi connectivity index (χ4v) is 2.78. The van der Waals surface area contributed by atoms with Crippen LogP contribution in [0.1, 0.15) is 33.9 Å². The predicted octanol–water partition coefficient (Wildman–Crippen LogP) is 3.76. The average Bonchev–Trinajstić information content (AvgIpc) is 2.83. The Labute approximate surface area is 117 Å². The van der Waals surface area contributed by atoms with Crippen LogP contribution in [0.4, 0.5) is 0 Å². The highest BCUT2D eigenvalue weighted by molar-refractivity contribution is 6.30. The van der Waals surface area contributed by atoms with Crippen LogP contribution in [0.3, 0.4) is 0 Å². The summed E-state index contributed by atoms with van der Waals surface area (Å²) in [6.07, 6.45) is -0.650. The fraction of sp³-hybridized carbons (Fsp3) is 0.250. The molecule has 3 rings (SSSR count). The molecule has 0 fully saturated rings. The molecule has 2 nitrogen and oxygen atoms in total. The molecule has 0 amide bonds. The number of benzene rings is 2. The molecule has 19 heavy (non-hydrogen) atoms. The first kappa shape index (κ1) is 12.7. The molecular weight excluding hydrogens is 260 g/mol. The van der Waals surface area contributed by atoms with E-state index in [1.54, 1.807) is 0 Å². The molecule has 98 valence electrons. The summed E-state index contributed by atoms with van der Waals surface area (Å²) in [7, 11) is 0. The van der Waals surface area contributed by atoms with Crippen LogP contribution in [0, 0.1) is 6.92 Å². The van der Waals surface area contributed by atoms with Crippen LogP contribution in [0.2, 0.25) is 5.02 Å². The van der Waals surface area contributed by atoms with Gasteiger partial charge in [0.05, 0.1) is 13.2 Å². The monoisotopic (exact) mass is 274 g/mol. The van der Waals surface area contributed by atoms with E-state index in [1.165, 1.54) is 5.56 Å². The van der Waals surface area contributed by atoms with Crippen molar-refractivity contribution in [2.24, 2.45) is 0 Å². The molecule has 1 N–H and O–H groups in total. The van der Waals surface area contributed by atoms with Gasteiger partial charge in [-0.25, -0.2) is 0 Å². The fourth-order valence-electron chi connectivity index (χ4n) is 2.48. The Hall–Kier alpha value is -1.35. The van der Waals surface area contributed by atoms with Crippen molar-refractivity contribution in [3.63, 3.8) is 0 Å². The van der Waals surface area contributed by atoms with Gasteiger partial charge in [-0.3, -0.25) is 0 Å². The smallest absolute Gasteiger partial charge is 0.104 e. The maximum atomic E-state index is 10.5. The largest absolute Gasteiger partial charge is 0.384 e. The summed E-state index contributed by atoms with van der Waals surface area (Å²) < 4.78 is 5.39. The van der Waals surface area contributed by atoms with Gasteiger partial charge in [0.25, 0.3) is 0 Å². The second-order valence-electron chi connectivity index (χ2n) is 4.99. The second-order valence-corrected chi connectivity index (χ2v) is 5.42. The van der Waals surface area contributed by atoms with Crippen molar-refractivity contribution in [2.45, 2.75) is 26.2 Å². The minimum absolute atomic E-state index is 0.629. The van der Waals surface area contributed by atoms with Gasteiger partial charge in [0, 0.05) is 5.02 Å². The van der Waals surface area contributed by atoms with E-state index < -0.39 is 6.10 Å². The lowest BCUT2D eigenvalue weighted by atomic mass is 9.97. The molecule has 1 heterocycles. The summed E-state index contributed by atoms with van der Waals surface area (Å²) in [5.41, 5.74) is 5.12. The van der Waals surface area contributed by atoms with E-state index in [9.17, 15) is 5.11 Å². The van der Waals surface area contributed by atoms with E-state index >= 15 is 0 Å². The molecule has 3 heteroatoms. The number of rotatable bonds is 2. The molecule has 0 aliphatic carbocycles. The van der Waals surface area contributed by atoms with Gasteiger partial charge in [0.15, 0.2) is 0 Å². The number of aryl methyl sites for hydroxylation is 1. The summed E-state index contributed by atoms with van der Waals surface area (Å²) in [4.78, 5) is 0. The summed E-state index contributed by atoms with van der Waals surface area (Å²) in [6.45, 7) is 3.27. The number of hydrogen-bond acceptors (Lipinski definition) is 2. The predicted molar refractivity (Wildman–Crippen MR) is 75.2 cm³/mol. The van der Waals surface area contributed by atoms with Crippen molar-refractivity contribution in [1.29, 1.82) is 0 Å². The lowest BCUT2D eigenvalue weighted by molar-refractivity contribution is 0.134. The topological polar surface area (TPSA) is 29.5 Å². The van der Waals surface area contributed by atoms with Gasteiger partial charge in [0.1, 0.15) is 6.10 Å². The zero-order chi connectivity index (χ0) is 13.4. The molecule has 1 unspecified atom stereocenters. The molecule has 0 saturated heterocycles. The molecular formula is C16H15ClO2. The van der Waals surface area contributed by atoms with Crippen molar-refractivity contribution >= 4 is 11.6 Å². The van der Waals surface area contributed by atoms with Gasteiger partial charge >= 0.3 is 0 Å². The molecule has 2 aromatic carbocycles. The van der Waals surface area contributed by atoms with Crippen LogP contribution in [0.15, 0.2) is 36.4 Å². The number of ether oxygens (including phenoxy) is 1. The molecule has 0 aromatic heterocycles. The molecule has 1 aliphatic heterocycles. The van der Waals surface area contributed by atoms with Gasteiger partial charge in [-0.05, 0) is 46.9 Å². The van der Waals surface area contributed by atoms with Crippen molar-refractivity contribution in [3.05, 3.63) is 69.2 Å². The summed E-state index contributed by atoms with van der Waals surface area (Å²) in [5.74, 6) is 0. The Kier molecular flexibility index (Phi) is 3.31. The van der Waals surface area contributed by atoms with Gasteiger partial charge in [-0.15, -0.1) is 0 Å². The second kappa shape index (κ2) is 4.97. The van der Waals surface area contributed by atoms with Gasteiger partial charge in [0.2, 0.25) is 0 Å². The molecule has 0 bridgehead atoms. The van der Waals surface area contributed by atoms with Gasteiger partial charge < -0.3 is 9.84 Å². The average molecular weight is 275 g/mol. The highest BCUT2D eigenvalue weighted by atomic mass is 35.5. The van der Waals surface area contributed by atoms with Crippen LogP contribution < -0.4 is 0 Å². The Morgan fingerprint density at radius 1 is 1.05 bits per heavy atom. The molecule has 0 spiro atoms. The zero-order valence-corrected chi connectivity index (χ0v) is 11.4. The van der Waals surface area contributed by atoms with Crippen LogP contribution in [0.5, 0.6) is 0 Å². The Morgan fingerprint density at radius 3 is 2.63 bits per heavy atom. The number of hydrogen-bond donors (Lipinski definition) is 1. The van der Waals surface area contributed by atoms with E-state index in [1.807, 2.05) is 43.3 Å². The quantitative estimate of drug-likeness (QED) is 0.903. The third-order valence-electron chi connectivity index (χ3n) is 3.44. The zero-order valence-electron chi connectivity index (χ0n) is 10.7. The third-order valence-corrected chi connectivity index (χ3v) is 3.66. The number of halogens is 1. The first-order valence-electron chi connectivity index (χ1n) is 6.28. The first-order valence-corrected chi connectivity index (χ1v) is 6.66. The number of fused-ring (bicyclic) bond motifs is 1. The minimum atomic E-state index is -0.650. The normalized spacial score (nSPS) is 15.3. The van der Waals surface area contributed by atoms with Crippen molar-refractivity contribution < 1.29 is 9.84 Å². The summed E-state index contributed by atoms with van der Waals surface area (Å²) >= 11 is 6.04. The highest BCUT2D eigenvalue weighted by Crippen LogP contribution is 2.29. The highest BCUT2D eigenvalue weighted by Gasteiger charge is 2.16. The van der Waals surface area contributed by atoms with Crippen molar-refractivity contribution in [1.82, 2.24) is 0 Å². The van der Waals surface area contributed by atoms with Crippen molar-refractivity contribution in [3.8, 4) is 0 Å². The molecule has 2 aromatic rings. The Morgan fingerprint density at radius 2 is 1.84 bits per heavy atom. The lowest BCUT2D eigenvalue weighted by Crippen LogP contribution is -2.01. The standard InChI is InChI=1S/C16H15ClO2/c1-10-4-13(7-15(17)5-10)16(18)11-2-3-12-8-19-9-14(12)6-11/h2-7,16,18H,8-9H2,1H3. The van der Waals surface area contributed by atoms with E-state index in [0.717, 1.165) is 22.3 Å². The minimum Gasteiger partial charge on any atom is -0.384 e. The van der Waals surface area contributed by atoms with E-state index in [4.69, 9.17) is 16.3 Å². The number of aliphatic hydroxyl groups is 1. The summed E-state index contributed by atoms with van der Waals surface area (Å²) in [6, 6.07) is 11.6. The maximum absolute atomic E-state index is 10.5. The van der Waals surface area contributed by atoms with Gasteiger partial charge in [-0.2, -0.15) is 0 Å². The first-order chi connectivity index (χ1) is 9.13. The maximum Gasteiger partial charge on any atom is 0.104 e. The molecule has 1 aliphatic rings. The summed E-state index contributed by atoms with van der Waals surface area (Å²) in [5, 5.41) is 11.1.